The van der Waals surface area contributed by atoms with E-state index in [1.54, 1.807) is 0 Å². The first-order valence-electron chi connectivity index (χ1n) is 3.81. The number of nitrogens with zero attached hydrogens (tertiary/aromatic N) is 1. The zero-order valence-electron chi connectivity index (χ0n) is 7.34. The van der Waals surface area contributed by atoms with Crippen molar-refractivity contribution in [3.05, 3.63) is 28.2 Å². The molecule has 0 aliphatic rings. The molecule has 0 aliphatic carbocycles. The lowest BCUT2D eigenvalue weighted by atomic mass is 10.1. The Balaban J connectivity index is 3.11. The van der Waals surface area contributed by atoms with E-state index >= 15 is 0 Å². The maximum Gasteiger partial charge on any atom is 0.0407 e. The first kappa shape index (κ1) is 9.55. The third-order valence-electron chi connectivity index (χ3n) is 1.74. The standard InChI is InChI=1S/C9H13BrN2/c1-12(2)9-4-3-8(10)5-7(9)6-11/h3-5H,6,11H2,1-2H3. The molecule has 2 N–H and O–H groups in total. The van der Waals surface area contributed by atoms with Gasteiger partial charge in [-0.3, -0.25) is 0 Å². The number of anilines is 1. The van der Waals surface area contributed by atoms with E-state index < -0.39 is 0 Å². The van der Waals surface area contributed by atoms with Gasteiger partial charge in [0, 0.05) is 30.8 Å². The van der Waals surface area contributed by atoms with Gasteiger partial charge in [0.05, 0.1) is 0 Å². The third-order valence-corrected chi connectivity index (χ3v) is 2.24. The second-order valence-electron chi connectivity index (χ2n) is 2.87. The van der Waals surface area contributed by atoms with Crippen LogP contribution in [-0.2, 0) is 6.54 Å². The van der Waals surface area contributed by atoms with E-state index in [2.05, 4.69) is 33.0 Å². The molecule has 0 saturated carbocycles. The summed E-state index contributed by atoms with van der Waals surface area (Å²) in [5.74, 6) is 0. The first-order valence-corrected chi connectivity index (χ1v) is 4.60. The van der Waals surface area contributed by atoms with Gasteiger partial charge in [0.1, 0.15) is 0 Å². The number of hydrogen-bond donors (Lipinski definition) is 1. The molecule has 0 radical (unpaired) electrons. The lowest BCUT2D eigenvalue weighted by Gasteiger charge is -2.16. The maximum atomic E-state index is 5.61. The molecule has 2 nitrogen and oxygen atoms in total. The fourth-order valence-corrected chi connectivity index (χ4v) is 1.56. The minimum absolute atomic E-state index is 0.576. The molecular formula is C9H13BrN2. The molecule has 0 spiro atoms. The summed E-state index contributed by atoms with van der Waals surface area (Å²) in [4.78, 5) is 2.06. The van der Waals surface area contributed by atoms with E-state index in [0.29, 0.717) is 6.54 Å². The van der Waals surface area contributed by atoms with Crippen molar-refractivity contribution in [2.24, 2.45) is 5.73 Å². The van der Waals surface area contributed by atoms with E-state index in [-0.39, 0.29) is 0 Å². The molecular weight excluding hydrogens is 216 g/mol. The van der Waals surface area contributed by atoms with Crippen molar-refractivity contribution >= 4 is 21.6 Å². The van der Waals surface area contributed by atoms with Crippen LogP contribution in [0.15, 0.2) is 22.7 Å². The van der Waals surface area contributed by atoms with Crippen LogP contribution in [0.5, 0.6) is 0 Å². The molecule has 0 bridgehead atoms. The van der Waals surface area contributed by atoms with Gasteiger partial charge in [-0.1, -0.05) is 15.9 Å². The summed E-state index contributed by atoms with van der Waals surface area (Å²) in [5, 5.41) is 0. The van der Waals surface area contributed by atoms with Gasteiger partial charge in [-0.05, 0) is 23.8 Å². The number of nitrogens with two attached hydrogens (primary N) is 1. The van der Waals surface area contributed by atoms with Crippen molar-refractivity contribution in [1.29, 1.82) is 0 Å². The van der Waals surface area contributed by atoms with Crippen LogP contribution in [0.4, 0.5) is 5.69 Å². The average molecular weight is 229 g/mol. The first-order chi connectivity index (χ1) is 5.65. The van der Waals surface area contributed by atoms with Gasteiger partial charge in [0.2, 0.25) is 0 Å². The predicted molar refractivity (Wildman–Crippen MR) is 56.4 cm³/mol. The van der Waals surface area contributed by atoms with Crippen LogP contribution in [0.1, 0.15) is 5.56 Å². The summed E-state index contributed by atoms with van der Waals surface area (Å²) >= 11 is 3.41. The van der Waals surface area contributed by atoms with E-state index in [4.69, 9.17) is 5.73 Å². The van der Waals surface area contributed by atoms with Gasteiger partial charge in [0.15, 0.2) is 0 Å². The molecule has 1 rings (SSSR count). The molecule has 0 aliphatic heterocycles. The Morgan fingerprint density at radius 3 is 2.58 bits per heavy atom. The monoisotopic (exact) mass is 228 g/mol. The second-order valence-corrected chi connectivity index (χ2v) is 3.79. The molecule has 1 aromatic rings. The minimum Gasteiger partial charge on any atom is -0.377 e. The van der Waals surface area contributed by atoms with E-state index in [1.165, 1.54) is 5.69 Å². The van der Waals surface area contributed by atoms with Crippen molar-refractivity contribution in [3.63, 3.8) is 0 Å². The van der Waals surface area contributed by atoms with Crippen LogP contribution in [-0.4, -0.2) is 14.1 Å². The van der Waals surface area contributed by atoms with Gasteiger partial charge in [-0.25, -0.2) is 0 Å². The van der Waals surface area contributed by atoms with Gasteiger partial charge in [-0.15, -0.1) is 0 Å². The van der Waals surface area contributed by atoms with E-state index in [9.17, 15) is 0 Å². The Bertz CT molecular complexity index is 271. The lowest BCUT2D eigenvalue weighted by molar-refractivity contribution is 1.02. The summed E-state index contributed by atoms with van der Waals surface area (Å²) in [6, 6.07) is 6.14. The summed E-state index contributed by atoms with van der Waals surface area (Å²) in [5.41, 5.74) is 7.95. The van der Waals surface area contributed by atoms with Gasteiger partial charge < -0.3 is 10.6 Å². The normalized spacial score (nSPS) is 10.0. The SMILES string of the molecule is CN(C)c1ccc(Br)cc1CN. The van der Waals surface area contributed by atoms with Gasteiger partial charge in [0.25, 0.3) is 0 Å². The largest absolute Gasteiger partial charge is 0.377 e. The Hall–Kier alpha value is -0.540. The van der Waals surface area contributed by atoms with Crippen molar-refractivity contribution in [1.82, 2.24) is 0 Å². The fourth-order valence-electron chi connectivity index (χ4n) is 1.15. The van der Waals surface area contributed by atoms with Crippen LogP contribution in [0.2, 0.25) is 0 Å². The number of benzene rings is 1. The summed E-state index contributed by atoms with van der Waals surface area (Å²) in [7, 11) is 4.03. The molecule has 3 heteroatoms. The molecule has 0 saturated heterocycles. The van der Waals surface area contributed by atoms with E-state index in [1.807, 2.05) is 20.2 Å². The average Bonchev–Trinajstić information content (AvgIpc) is 2.03. The Kier molecular flexibility index (Phi) is 3.12. The highest BCUT2D eigenvalue weighted by Crippen LogP contribution is 2.22. The molecule has 66 valence electrons. The molecule has 0 aromatic heterocycles. The minimum atomic E-state index is 0.576. The van der Waals surface area contributed by atoms with E-state index in [0.717, 1.165) is 10.0 Å². The topological polar surface area (TPSA) is 29.3 Å². The highest BCUT2D eigenvalue weighted by Gasteiger charge is 2.02. The summed E-state index contributed by atoms with van der Waals surface area (Å²) < 4.78 is 1.08. The van der Waals surface area contributed by atoms with Crippen molar-refractivity contribution in [2.45, 2.75) is 6.54 Å². The second kappa shape index (κ2) is 3.92. The molecule has 0 atom stereocenters. The smallest absolute Gasteiger partial charge is 0.0407 e. The molecule has 12 heavy (non-hydrogen) atoms. The molecule has 0 fully saturated rings. The Labute approximate surface area is 81.5 Å². The highest BCUT2D eigenvalue weighted by molar-refractivity contribution is 9.10. The number of halogens is 1. The van der Waals surface area contributed by atoms with Crippen molar-refractivity contribution < 1.29 is 0 Å². The zero-order valence-corrected chi connectivity index (χ0v) is 8.93. The summed E-state index contributed by atoms with van der Waals surface area (Å²) in [6.45, 7) is 0.576. The molecule has 1 aromatic carbocycles. The highest BCUT2D eigenvalue weighted by atomic mass is 79.9. The molecule has 0 heterocycles. The van der Waals surface area contributed by atoms with Crippen LogP contribution in [0.3, 0.4) is 0 Å². The van der Waals surface area contributed by atoms with Crippen LogP contribution in [0.25, 0.3) is 0 Å². The van der Waals surface area contributed by atoms with Crippen LogP contribution >= 0.6 is 15.9 Å². The zero-order chi connectivity index (χ0) is 9.14. The van der Waals surface area contributed by atoms with Gasteiger partial charge >= 0.3 is 0 Å². The molecule has 0 unspecified atom stereocenters. The third kappa shape index (κ3) is 1.99. The lowest BCUT2D eigenvalue weighted by Crippen LogP contribution is -2.12. The maximum absolute atomic E-state index is 5.61. The van der Waals surface area contributed by atoms with Crippen LogP contribution < -0.4 is 10.6 Å². The Morgan fingerprint density at radius 2 is 2.08 bits per heavy atom. The van der Waals surface area contributed by atoms with Gasteiger partial charge in [-0.2, -0.15) is 0 Å². The quantitative estimate of drug-likeness (QED) is 0.840. The number of hydrogen-bond acceptors (Lipinski definition) is 2. The predicted octanol–water partition coefficient (Wildman–Crippen LogP) is 1.97. The molecule has 0 amide bonds. The van der Waals surface area contributed by atoms with Crippen LogP contribution in [0, 0.1) is 0 Å². The van der Waals surface area contributed by atoms with Crippen molar-refractivity contribution in [3.8, 4) is 0 Å². The van der Waals surface area contributed by atoms with Crippen molar-refractivity contribution in [2.75, 3.05) is 19.0 Å². The number of rotatable bonds is 2. The fraction of sp³-hybridized carbons (Fsp3) is 0.333. The summed E-state index contributed by atoms with van der Waals surface area (Å²) in [6.07, 6.45) is 0. The Morgan fingerprint density at radius 1 is 1.42 bits per heavy atom.